The van der Waals surface area contributed by atoms with E-state index in [1.54, 1.807) is 0 Å². The molecule has 0 spiro atoms. The highest BCUT2D eigenvalue weighted by molar-refractivity contribution is 7.99. The number of carbonyl (C=O) groups is 1. The van der Waals surface area contributed by atoms with Crippen LogP contribution < -0.4 is 5.01 Å². The molecule has 2 rings (SSSR count). The third-order valence-corrected chi connectivity index (χ3v) is 3.27. The van der Waals surface area contributed by atoms with Gasteiger partial charge in [-0.25, -0.2) is 4.68 Å². The Morgan fingerprint density at radius 1 is 1.47 bits per heavy atom. The zero-order valence-corrected chi connectivity index (χ0v) is 10.3. The lowest BCUT2D eigenvalue weighted by molar-refractivity contribution is -0.133. The number of carboxylic acids is 1. The summed E-state index contributed by atoms with van der Waals surface area (Å²) in [7, 11) is 0. The molecule has 0 atom stereocenters. The second-order valence-corrected chi connectivity index (χ2v) is 4.53. The lowest BCUT2D eigenvalue weighted by atomic mass is 10.5. The van der Waals surface area contributed by atoms with Crippen LogP contribution in [0.4, 0.5) is 0 Å². The van der Waals surface area contributed by atoms with E-state index in [1.165, 1.54) is 11.8 Å². The standard InChI is InChI=1S/C9H14N4O3S/c1-7-10-11-9(17-6-8(14)15)13(7)12-2-4-16-5-3-12/h2-6H2,1H3,(H,14,15). The van der Waals surface area contributed by atoms with E-state index in [2.05, 4.69) is 15.2 Å². The molecule has 1 aliphatic rings. The van der Waals surface area contributed by atoms with E-state index in [1.807, 2.05) is 11.6 Å². The van der Waals surface area contributed by atoms with Crippen molar-refractivity contribution in [3.63, 3.8) is 0 Å². The second-order valence-electron chi connectivity index (χ2n) is 3.59. The van der Waals surface area contributed by atoms with Gasteiger partial charge < -0.3 is 14.9 Å². The average molecular weight is 258 g/mol. The van der Waals surface area contributed by atoms with Crippen molar-refractivity contribution in [3.05, 3.63) is 5.82 Å². The molecule has 94 valence electrons. The molecule has 1 N–H and O–H groups in total. The van der Waals surface area contributed by atoms with Crippen LogP contribution in [0.5, 0.6) is 0 Å². The molecule has 8 heteroatoms. The van der Waals surface area contributed by atoms with Crippen molar-refractivity contribution in [2.45, 2.75) is 12.1 Å². The molecule has 2 heterocycles. The van der Waals surface area contributed by atoms with Crippen LogP contribution >= 0.6 is 11.8 Å². The van der Waals surface area contributed by atoms with Crippen molar-refractivity contribution in [2.24, 2.45) is 0 Å². The number of hydrogen-bond acceptors (Lipinski definition) is 6. The minimum absolute atomic E-state index is 0.0114. The zero-order valence-electron chi connectivity index (χ0n) is 9.50. The largest absolute Gasteiger partial charge is 0.481 e. The van der Waals surface area contributed by atoms with Gasteiger partial charge in [0.05, 0.1) is 32.1 Å². The highest BCUT2D eigenvalue weighted by Crippen LogP contribution is 2.17. The van der Waals surface area contributed by atoms with E-state index in [9.17, 15) is 4.79 Å². The molecule has 1 fully saturated rings. The Kier molecular flexibility index (Phi) is 3.85. The van der Waals surface area contributed by atoms with E-state index >= 15 is 0 Å². The Morgan fingerprint density at radius 2 is 2.18 bits per heavy atom. The molecule has 0 aliphatic carbocycles. The van der Waals surface area contributed by atoms with Crippen LogP contribution in [0.15, 0.2) is 5.16 Å². The quantitative estimate of drug-likeness (QED) is 0.745. The molecule has 0 bridgehead atoms. The summed E-state index contributed by atoms with van der Waals surface area (Å²) in [6, 6.07) is 0. The van der Waals surface area contributed by atoms with Crippen LogP contribution in [0.25, 0.3) is 0 Å². The summed E-state index contributed by atoms with van der Waals surface area (Å²) >= 11 is 1.18. The van der Waals surface area contributed by atoms with E-state index in [0.29, 0.717) is 18.4 Å². The topological polar surface area (TPSA) is 80.5 Å². The van der Waals surface area contributed by atoms with Crippen molar-refractivity contribution in [3.8, 4) is 0 Å². The second kappa shape index (κ2) is 5.37. The number of thioether (sulfide) groups is 1. The third kappa shape index (κ3) is 2.89. The fraction of sp³-hybridized carbons (Fsp3) is 0.667. The number of aliphatic carboxylic acids is 1. The fourth-order valence-electron chi connectivity index (χ4n) is 1.63. The molecule has 0 unspecified atom stereocenters. The molecule has 1 saturated heterocycles. The third-order valence-electron chi connectivity index (χ3n) is 2.36. The maximum absolute atomic E-state index is 10.6. The number of aromatic nitrogens is 3. The summed E-state index contributed by atoms with van der Waals surface area (Å²) in [5, 5.41) is 19.3. The number of nitrogens with zero attached hydrogens (tertiary/aromatic N) is 4. The predicted molar refractivity (Wildman–Crippen MR) is 61.9 cm³/mol. The summed E-state index contributed by atoms with van der Waals surface area (Å²) in [5.41, 5.74) is 0. The van der Waals surface area contributed by atoms with E-state index < -0.39 is 5.97 Å². The van der Waals surface area contributed by atoms with Gasteiger partial charge in [0, 0.05) is 0 Å². The maximum atomic E-state index is 10.6. The molecule has 1 aromatic rings. The Labute approximate surface area is 103 Å². The first kappa shape index (κ1) is 12.2. The van der Waals surface area contributed by atoms with Gasteiger partial charge in [0.15, 0.2) is 0 Å². The number of ether oxygens (including phenoxy) is 1. The predicted octanol–water partition coefficient (Wildman–Crippen LogP) is -0.269. The van der Waals surface area contributed by atoms with Crippen LogP contribution in [0.2, 0.25) is 0 Å². The molecule has 0 radical (unpaired) electrons. The van der Waals surface area contributed by atoms with Gasteiger partial charge in [-0.3, -0.25) is 4.79 Å². The summed E-state index contributed by atoms with van der Waals surface area (Å²) in [6.07, 6.45) is 0. The molecule has 0 amide bonds. The van der Waals surface area contributed by atoms with E-state index in [-0.39, 0.29) is 5.75 Å². The number of hydrogen-bond donors (Lipinski definition) is 1. The zero-order chi connectivity index (χ0) is 12.3. The van der Waals surface area contributed by atoms with Crippen LogP contribution in [-0.2, 0) is 9.53 Å². The monoisotopic (exact) mass is 258 g/mol. The Bertz CT molecular complexity index is 403. The van der Waals surface area contributed by atoms with Crippen LogP contribution in [0.3, 0.4) is 0 Å². The number of carboxylic acid groups (broad SMARTS) is 1. The smallest absolute Gasteiger partial charge is 0.313 e. The van der Waals surface area contributed by atoms with E-state index in [4.69, 9.17) is 9.84 Å². The molecule has 17 heavy (non-hydrogen) atoms. The molecule has 0 aromatic carbocycles. The van der Waals surface area contributed by atoms with Gasteiger partial charge in [-0.15, -0.1) is 10.2 Å². The number of aryl methyl sites for hydroxylation is 1. The molecular weight excluding hydrogens is 244 g/mol. The number of rotatable bonds is 4. The van der Waals surface area contributed by atoms with Gasteiger partial charge >= 0.3 is 5.97 Å². The summed E-state index contributed by atoms with van der Waals surface area (Å²) in [6.45, 7) is 4.72. The molecule has 7 nitrogen and oxygen atoms in total. The lowest BCUT2D eigenvalue weighted by Gasteiger charge is -2.30. The van der Waals surface area contributed by atoms with Crippen LogP contribution in [-0.4, -0.2) is 58.0 Å². The summed E-state index contributed by atoms with van der Waals surface area (Å²) < 4.78 is 7.15. The summed E-state index contributed by atoms with van der Waals surface area (Å²) in [5.74, 6) is -0.105. The molecule has 1 aromatic heterocycles. The first-order chi connectivity index (χ1) is 8.18. The lowest BCUT2D eigenvalue weighted by Crippen LogP contribution is -2.44. The van der Waals surface area contributed by atoms with Gasteiger partial charge in [0.25, 0.3) is 0 Å². The summed E-state index contributed by atoms with van der Waals surface area (Å²) in [4.78, 5) is 10.6. The maximum Gasteiger partial charge on any atom is 0.313 e. The Balaban J connectivity index is 2.13. The van der Waals surface area contributed by atoms with Gasteiger partial charge in [0.1, 0.15) is 5.82 Å². The van der Waals surface area contributed by atoms with Gasteiger partial charge in [-0.2, -0.15) is 0 Å². The molecular formula is C9H14N4O3S. The minimum atomic E-state index is -0.857. The molecule has 0 saturated carbocycles. The highest BCUT2D eigenvalue weighted by atomic mass is 32.2. The van der Waals surface area contributed by atoms with Crippen molar-refractivity contribution < 1.29 is 14.6 Å². The van der Waals surface area contributed by atoms with Gasteiger partial charge in [-0.05, 0) is 6.92 Å². The van der Waals surface area contributed by atoms with Crippen molar-refractivity contribution in [1.29, 1.82) is 0 Å². The first-order valence-electron chi connectivity index (χ1n) is 5.28. The van der Waals surface area contributed by atoms with Crippen LogP contribution in [0, 0.1) is 6.92 Å². The van der Waals surface area contributed by atoms with Crippen molar-refractivity contribution >= 4 is 17.7 Å². The van der Waals surface area contributed by atoms with Crippen molar-refractivity contribution in [2.75, 3.05) is 37.1 Å². The minimum Gasteiger partial charge on any atom is -0.481 e. The van der Waals surface area contributed by atoms with Crippen LogP contribution in [0.1, 0.15) is 5.82 Å². The number of morpholine rings is 1. The van der Waals surface area contributed by atoms with Crippen molar-refractivity contribution in [1.82, 2.24) is 14.9 Å². The Morgan fingerprint density at radius 3 is 2.82 bits per heavy atom. The Hall–Kier alpha value is -1.28. The first-order valence-corrected chi connectivity index (χ1v) is 6.26. The SMILES string of the molecule is Cc1nnc(SCC(=O)O)n1N1CCOCC1. The average Bonchev–Trinajstić information content (AvgIpc) is 2.69. The highest BCUT2D eigenvalue weighted by Gasteiger charge is 2.18. The normalized spacial score (nSPS) is 16.2. The molecule has 1 aliphatic heterocycles. The van der Waals surface area contributed by atoms with Gasteiger partial charge in [-0.1, -0.05) is 11.8 Å². The van der Waals surface area contributed by atoms with Gasteiger partial charge in [0.2, 0.25) is 5.16 Å². The van der Waals surface area contributed by atoms with E-state index in [0.717, 1.165) is 18.9 Å². The fourth-order valence-corrected chi connectivity index (χ4v) is 2.35.